The third-order valence-corrected chi connectivity index (χ3v) is 7.91. The molecule has 4 rings (SSSR count). The van der Waals surface area contributed by atoms with Crippen molar-refractivity contribution in [1.29, 1.82) is 0 Å². The van der Waals surface area contributed by atoms with Crippen molar-refractivity contribution in [2.24, 2.45) is 0 Å². The van der Waals surface area contributed by atoms with Crippen molar-refractivity contribution in [3.8, 4) is 5.75 Å². The molecule has 0 atom stereocenters. The molecule has 0 bridgehead atoms. The highest BCUT2D eigenvalue weighted by molar-refractivity contribution is 8.00. The van der Waals surface area contributed by atoms with E-state index >= 15 is 0 Å². The largest absolute Gasteiger partial charge is 0.497 e. The summed E-state index contributed by atoms with van der Waals surface area (Å²) >= 11 is 2.63. The summed E-state index contributed by atoms with van der Waals surface area (Å²) in [4.78, 5) is 38.1. The molecule has 3 aromatic rings. The molecule has 2 aromatic heterocycles. The minimum absolute atomic E-state index is 0.0207. The normalized spacial score (nSPS) is 15.0. The summed E-state index contributed by atoms with van der Waals surface area (Å²) in [5.74, 6) is 1.50. The number of ether oxygens (including phenoxy) is 1. The molecule has 9 heteroatoms. The Kier molecular flexibility index (Phi) is 7.62. The lowest BCUT2D eigenvalue weighted by atomic mass is 10.1. The number of hydrogen-bond acceptors (Lipinski definition) is 8. The number of carbonyl (C=O) groups excluding carboxylic acids is 2. The van der Waals surface area contributed by atoms with Gasteiger partial charge in [0.1, 0.15) is 16.6 Å². The van der Waals surface area contributed by atoms with E-state index in [0.29, 0.717) is 15.6 Å². The number of fused-ring (bicyclic) bond motifs is 1. The number of aryl methyl sites for hydroxylation is 1. The van der Waals surface area contributed by atoms with Crippen LogP contribution < -0.4 is 10.1 Å². The standard InChI is InChI=1S/C24H28N4O3S2/c1-4-28-11-9-16(10-12-28)27-23(30)22-8-7-21(33-22)20(29)14-32-24-18-13-17(31-3)5-6-19(18)25-15(2)26-24/h5-8,13,16H,4,9-12,14H2,1-3H3,(H,27,30). The molecule has 1 aliphatic rings. The number of aromatic nitrogens is 2. The molecule has 0 radical (unpaired) electrons. The Morgan fingerprint density at radius 3 is 2.67 bits per heavy atom. The van der Waals surface area contributed by atoms with Crippen molar-refractivity contribution in [3.63, 3.8) is 0 Å². The van der Waals surface area contributed by atoms with E-state index < -0.39 is 0 Å². The number of ketones is 1. The third kappa shape index (κ3) is 5.72. The van der Waals surface area contributed by atoms with Gasteiger partial charge in [-0.05, 0) is 56.6 Å². The molecule has 1 aliphatic heterocycles. The second-order valence-corrected chi connectivity index (χ2v) is 10.1. The van der Waals surface area contributed by atoms with E-state index in [1.807, 2.05) is 25.1 Å². The fourth-order valence-corrected chi connectivity index (χ4v) is 5.77. The lowest BCUT2D eigenvalue weighted by Gasteiger charge is -2.31. The summed E-state index contributed by atoms with van der Waals surface area (Å²) < 4.78 is 5.32. The van der Waals surface area contributed by atoms with E-state index in [2.05, 4.69) is 27.1 Å². The van der Waals surface area contributed by atoms with Gasteiger partial charge in [0.25, 0.3) is 5.91 Å². The number of nitrogens with zero attached hydrogens (tertiary/aromatic N) is 3. The molecule has 1 saturated heterocycles. The highest BCUT2D eigenvalue weighted by Crippen LogP contribution is 2.29. The van der Waals surface area contributed by atoms with Crippen molar-refractivity contribution in [3.05, 3.63) is 45.9 Å². The van der Waals surface area contributed by atoms with Crippen molar-refractivity contribution in [2.75, 3.05) is 32.5 Å². The number of rotatable bonds is 8. The van der Waals surface area contributed by atoms with Gasteiger partial charge in [-0.15, -0.1) is 11.3 Å². The highest BCUT2D eigenvalue weighted by Gasteiger charge is 2.22. The summed E-state index contributed by atoms with van der Waals surface area (Å²) in [6.07, 6.45) is 1.93. The maximum Gasteiger partial charge on any atom is 0.261 e. The van der Waals surface area contributed by atoms with Gasteiger partial charge in [-0.2, -0.15) is 0 Å². The molecular weight excluding hydrogens is 456 g/mol. The second-order valence-electron chi connectivity index (χ2n) is 8.02. The maximum absolute atomic E-state index is 12.8. The first-order valence-electron chi connectivity index (χ1n) is 11.1. The van der Waals surface area contributed by atoms with Gasteiger partial charge in [0, 0.05) is 24.5 Å². The number of Topliss-reactive ketones (excluding diaryl/α,β-unsaturated/α-hetero) is 1. The molecular formula is C24H28N4O3S2. The zero-order valence-electron chi connectivity index (χ0n) is 19.1. The first kappa shape index (κ1) is 23.7. The monoisotopic (exact) mass is 484 g/mol. The number of nitrogens with one attached hydrogen (secondary N) is 1. The maximum atomic E-state index is 12.8. The van der Waals surface area contributed by atoms with Crippen LogP contribution in [0.5, 0.6) is 5.75 Å². The van der Waals surface area contributed by atoms with E-state index in [4.69, 9.17) is 4.74 Å². The summed E-state index contributed by atoms with van der Waals surface area (Å²) in [7, 11) is 1.62. The predicted molar refractivity (Wildman–Crippen MR) is 133 cm³/mol. The van der Waals surface area contributed by atoms with Gasteiger partial charge in [-0.25, -0.2) is 9.97 Å². The highest BCUT2D eigenvalue weighted by atomic mass is 32.2. The smallest absolute Gasteiger partial charge is 0.261 e. The Morgan fingerprint density at radius 1 is 1.18 bits per heavy atom. The van der Waals surface area contributed by atoms with Crippen LogP contribution in [-0.4, -0.2) is 65.1 Å². The fraction of sp³-hybridized carbons (Fsp3) is 0.417. The summed E-state index contributed by atoms with van der Waals surface area (Å²) in [6, 6.07) is 9.33. The van der Waals surface area contributed by atoms with E-state index in [0.717, 1.165) is 54.2 Å². The zero-order valence-corrected chi connectivity index (χ0v) is 20.7. The molecule has 7 nitrogen and oxygen atoms in total. The number of thioether (sulfide) groups is 1. The van der Waals surface area contributed by atoms with Crippen LogP contribution in [0.2, 0.25) is 0 Å². The van der Waals surface area contributed by atoms with Crippen LogP contribution in [0.15, 0.2) is 35.4 Å². The molecule has 174 valence electrons. The molecule has 1 fully saturated rings. The number of methoxy groups -OCH3 is 1. The number of hydrogen-bond donors (Lipinski definition) is 1. The molecule has 1 amide bonds. The van der Waals surface area contributed by atoms with Gasteiger partial charge in [-0.1, -0.05) is 18.7 Å². The Morgan fingerprint density at radius 2 is 1.94 bits per heavy atom. The quantitative estimate of drug-likeness (QED) is 0.291. The topological polar surface area (TPSA) is 84.4 Å². The zero-order chi connectivity index (χ0) is 23.4. The Hall–Kier alpha value is -2.49. The van der Waals surface area contributed by atoms with Crippen LogP contribution in [-0.2, 0) is 0 Å². The Balaban J connectivity index is 1.39. The number of thiophene rings is 1. The van der Waals surface area contributed by atoms with Crippen molar-refractivity contribution in [2.45, 2.75) is 37.8 Å². The van der Waals surface area contributed by atoms with Gasteiger partial charge in [0.15, 0.2) is 5.78 Å². The number of benzene rings is 1. The molecule has 0 unspecified atom stereocenters. The lowest BCUT2D eigenvalue weighted by Crippen LogP contribution is -2.44. The van der Waals surface area contributed by atoms with E-state index in [9.17, 15) is 9.59 Å². The van der Waals surface area contributed by atoms with Crippen LogP contribution in [0.4, 0.5) is 0 Å². The lowest BCUT2D eigenvalue weighted by molar-refractivity contribution is 0.0916. The van der Waals surface area contributed by atoms with Crippen LogP contribution >= 0.6 is 23.1 Å². The van der Waals surface area contributed by atoms with E-state index in [1.54, 1.807) is 19.2 Å². The fourth-order valence-electron chi connectivity index (χ4n) is 3.89. The van der Waals surface area contributed by atoms with Crippen molar-refractivity contribution >= 4 is 45.7 Å². The molecule has 0 spiro atoms. The van der Waals surface area contributed by atoms with Crippen molar-refractivity contribution < 1.29 is 14.3 Å². The van der Waals surface area contributed by atoms with E-state index in [-0.39, 0.29) is 23.5 Å². The number of piperidine rings is 1. The minimum Gasteiger partial charge on any atom is -0.497 e. The van der Waals surface area contributed by atoms with Crippen LogP contribution in [0.1, 0.15) is 44.9 Å². The van der Waals surface area contributed by atoms with Gasteiger partial charge >= 0.3 is 0 Å². The molecule has 1 N–H and O–H groups in total. The van der Waals surface area contributed by atoms with Crippen molar-refractivity contribution in [1.82, 2.24) is 20.2 Å². The predicted octanol–water partition coefficient (Wildman–Crippen LogP) is 4.20. The summed E-state index contributed by atoms with van der Waals surface area (Å²) in [6.45, 7) is 7.07. The van der Waals surface area contributed by atoms with Gasteiger partial charge < -0.3 is 15.0 Å². The van der Waals surface area contributed by atoms with Gasteiger partial charge in [-0.3, -0.25) is 9.59 Å². The average Bonchev–Trinajstić information content (AvgIpc) is 3.33. The van der Waals surface area contributed by atoms with Gasteiger partial charge in [0.05, 0.1) is 28.1 Å². The number of likely N-dealkylation sites (tertiary alicyclic amines) is 1. The van der Waals surface area contributed by atoms with Crippen LogP contribution in [0, 0.1) is 6.92 Å². The number of carbonyl (C=O) groups is 2. The SMILES string of the molecule is CCN1CCC(NC(=O)c2ccc(C(=O)CSc3nc(C)nc4ccc(OC)cc34)s2)CC1. The van der Waals surface area contributed by atoms with Crippen LogP contribution in [0.25, 0.3) is 10.9 Å². The first-order valence-corrected chi connectivity index (χ1v) is 12.9. The summed E-state index contributed by atoms with van der Waals surface area (Å²) in [5.41, 5.74) is 0.818. The van der Waals surface area contributed by atoms with E-state index in [1.165, 1.54) is 23.1 Å². The second kappa shape index (κ2) is 10.6. The molecule has 3 heterocycles. The Bertz CT molecular complexity index is 1160. The third-order valence-electron chi connectivity index (χ3n) is 5.79. The summed E-state index contributed by atoms with van der Waals surface area (Å²) in [5, 5.41) is 4.73. The molecule has 1 aromatic carbocycles. The molecule has 0 aliphatic carbocycles. The average molecular weight is 485 g/mol. The molecule has 0 saturated carbocycles. The number of amides is 1. The first-order chi connectivity index (χ1) is 16.0. The minimum atomic E-state index is -0.0915. The Labute approximate surface area is 201 Å². The molecule has 33 heavy (non-hydrogen) atoms. The van der Waals surface area contributed by atoms with Crippen LogP contribution in [0.3, 0.4) is 0 Å². The van der Waals surface area contributed by atoms with Gasteiger partial charge in [0.2, 0.25) is 0 Å².